The molecule has 0 radical (unpaired) electrons. The SMILES string of the molecule is CCN(c1cccc(C)c1)c1nccc(C(=O)N(C)c2ccccc2)n1. The third-order valence-electron chi connectivity index (χ3n) is 4.18. The van der Waals surface area contributed by atoms with Crippen LogP contribution in [0.5, 0.6) is 0 Å². The fourth-order valence-electron chi connectivity index (χ4n) is 2.77. The maximum Gasteiger partial charge on any atom is 0.276 e. The first-order valence-corrected chi connectivity index (χ1v) is 8.60. The third kappa shape index (κ3) is 3.72. The lowest BCUT2D eigenvalue weighted by Crippen LogP contribution is -2.28. The number of aromatic nitrogens is 2. The van der Waals surface area contributed by atoms with Gasteiger partial charge >= 0.3 is 0 Å². The number of para-hydroxylation sites is 1. The Bertz CT molecular complexity index is 895. The summed E-state index contributed by atoms with van der Waals surface area (Å²) < 4.78 is 0. The van der Waals surface area contributed by atoms with Gasteiger partial charge in [0.15, 0.2) is 0 Å². The number of anilines is 3. The molecular formula is C21H22N4O. The molecule has 5 nitrogen and oxygen atoms in total. The van der Waals surface area contributed by atoms with E-state index in [-0.39, 0.29) is 5.91 Å². The Morgan fingerprint density at radius 2 is 1.73 bits per heavy atom. The molecule has 0 spiro atoms. The van der Waals surface area contributed by atoms with E-state index >= 15 is 0 Å². The van der Waals surface area contributed by atoms with Gasteiger partial charge in [0.2, 0.25) is 5.95 Å². The van der Waals surface area contributed by atoms with Crippen molar-refractivity contribution in [3.8, 4) is 0 Å². The minimum Gasteiger partial charge on any atom is -0.311 e. The van der Waals surface area contributed by atoms with Crippen molar-refractivity contribution in [3.05, 3.63) is 78.1 Å². The number of carbonyl (C=O) groups excluding carboxylic acids is 1. The molecule has 1 aromatic heterocycles. The van der Waals surface area contributed by atoms with E-state index in [4.69, 9.17) is 0 Å². The highest BCUT2D eigenvalue weighted by atomic mass is 16.2. The minimum atomic E-state index is -0.167. The van der Waals surface area contributed by atoms with Crippen molar-refractivity contribution in [1.29, 1.82) is 0 Å². The van der Waals surface area contributed by atoms with Crippen molar-refractivity contribution in [1.82, 2.24) is 9.97 Å². The van der Waals surface area contributed by atoms with Crippen LogP contribution in [0.25, 0.3) is 0 Å². The number of rotatable bonds is 5. The van der Waals surface area contributed by atoms with Crippen LogP contribution in [0, 0.1) is 6.92 Å². The second kappa shape index (κ2) is 7.78. The van der Waals surface area contributed by atoms with Crippen LogP contribution in [0.15, 0.2) is 66.9 Å². The van der Waals surface area contributed by atoms with Crippen molar-refractivity contribution in [2.24, 2.45) is 0 Å². The summed E-state index contributed by atoms with van der Waals surface area (Å²) in [7, 11) is 1.75. The van der Waals surface area contributed by atoms with Crippen LogP contribution in [0.3, 0.4) is 0 Å². The van der Waals surface area contributed by atoms with Crippen LogP contribution in [0.1, 0.15) is 23.0 Å². The highest BCUT2D eigenvalue weighted by Gasteiger charge is 2.18. The van der Waals surface area contributed by atoms with Gasteiger partial charge in [-0.2, -0.15) is 0 Å². The van der Waals surface area contributed by atoms with E-state index in [0.717, 1.165) is 16.9 Å². The van der Waals surface area contributed by atoms with Crippen molar-refractivity contribution >= 4 is 23.2 Å². The standard InChI is InChI=1S/C21H22N4O/c1-4-25(18-12-8-9-16(2)15-18)21-22-14-13-19(23-21)20(26)24(3)17-10-6-5-7-11-17/h5-15H,4H2,1-3H3. The van der Waals surface area contributed by atoms with E-state index in [2.05, 4.69) is 16.0 Å². The zero-order valence-corrected chi connectivity index (χ0v) is 15.3. The van der Waals surface area contributed by atoms with Gasteiger partial charge < -0.3 is 9.80 Å². The second-order valence-corrected chi connectivity index (χ2v) is 6.02. The molecule has 0 N–H and O–H groups in total. The Hall–Kier alpha value is -3.21. The molecule has 132 valence electrons. The molecule has 26 heavy (non-hydrogen) atoms. The van der Waals surface area contributed by atoms with Crippen molar-refractivity contribution in [2.75, 3.05) is 23.4 Å². The zero-order valence-electron chi connectivity index (χ0n) is 15.3. The molecular weight excluding hydrogens is 324 g/mol. The first kappa shape index (κ1) is 17.6. The first-order valence-electron chi connectivity index (χ1n) is 8.60. The molecule has 5 heteroatoms. The van der Waals surface area contributed by atoms with Crippen LogP contribution >= 0.6 is 0 Å². The second-order valence-electron chi connectivity index (χ2n) is 6.02. The fourth-order valence-corrected chi connectivity index (χ4v) is 2.77. The molecule has 0 unspecified atom stereocenters. The average molecular weight is 346 g/mol. The van der Waals surface area contributed by atoms with Gasteiger partial charge in [0.05, 0.1) is 0 Å². The molecule has 0 saturated heterocycles. The van der Waals surface area contributed by atoms with Crippen LogP contribution in [0.4, 0.5) is 17.3 Å². The summed E-state index contributed by atoms with van der Waals surface area (Å²) in [5.41, 5.74) is 3.36. The van der Waals surface area contributed by atoms with Crippen LogP contribution in [0.2, 0.25) is 0 Å². The molecule has 3 aromatic rings. The molecule has 1 amide bonds. The zero-order chi connectivity index (χ0) is 18.5. The summed E-state index contributed by atoms with van der Waals surface area (Å²) >= 11 is 0. The summed E-state index contributed by atoms with van der Waals surface area (Å²) in [6.07, 6.45) is 1.63. The number of nitrogens with zero attached hydrogens (tertiary/aromatic N) is 4. The number of hydrogen-bond acceptors (Lipinski definition) is 4. The van der Waals surface area contributed by atoms with Gasteiger partial charge in [-0.05, 0) is 49.7 Å². The maximum absolute atomic E-state index is 12.8. The lowest BCUT2D eigenvalue weighted by atomic mass is 10.2. The Balaban J connectivity index is 1.91. The molecule has 2 aromatic carbocycles. The highest BCUT2D eigenvalue weighted by Crippen LogP contribution is 2.23. The topological polar surface area (TPSA) is 49.3 Å². The Labute approximate surface area is 153 Å². The predicted molar refractivity (Wildman–Crippen MR) is 105 cm³/mol. The summed E-state index contributed by atoms with van der Waals surface area (Å²) in [6, 6.07) is 19.3. The summed E-state index contributed by atoms with van der Waals surface area (Å²) in [5, 5.41) is 0. The smallest absolute Gasteiger partial charge is 0.276 e. The van der Waals surface area contributed by atoms with Crippen LogP contribution in [-0.4, -0.2) is 29.5 Å². The van der Waals surface area contributed by atoms with Gasteiger partial charge in [0.1, 0.15) is 5.69 Å². The van der Waals surface area contributed by atoms with E-state index < -0.39 is 0 Å². The van der Waals surface area contributed by atoms with Crippen molar-refractivity contribution in [2.45, 2.75) is 13.8 Å². The van der Waals surface area contributed by atoms with E-state index in [9.17, 15) is 4.79 Å². The van der Waals surface area contributed by atoms with Crippen molar-refractivity contribution in [3.63, 3.8) is 0 Å². The van der Waals surface area contributed by atoms with Gasteiger partial charge in [-0.3, -0.25) is 4.79 Å². The average Bonchev–Trinajstić information content (AvgIpc) is 2.68. The van der Waals surface area contributed by atoms with Gasteiger partial charge in [0.25, 0.3) is 5.91 Å². The molecule has 0 aliphatic carbocycles. The van der Waals surface area contributed by atoms with Gasteiger partial charge in [-0.25, -0.2) is 9.97 Å². The Morgan fingerprint density at radius 1 is 1.00 bits per heavy atom. The number of benzene rings is 2. The quantitative estimate of drug-likeness (QED) is 0.694. The van der Waals surface area contributed by atoms with E-state index in [1.54, 1.807) is 24.2 Å². The lowest BCUT2D eigenvalue weighted by Gasteiger charge is -2.22. The van der Waals surface area contributed by atoms with Gasteiger partial charge in [0, 0.05) is 31.2 Å². The third-order valence-corrected chi connectivity index (χ3v) is 4.18. The molecule has 0 aliphatic heterocycles. The highest BCUT2D eigenvalue weighted by molar-refractivity contribution is 6.04. The lowest BCUT2D eigenvalue weighted by molar-refractivity contribution is 0.0988. The molecule has 0 fully saturated rings. The number of amides is 1. The van der Waals surface area contributed by atoms with Crippen molar-refractivity contribution < 1.29 is 4.79 Å². The number of carbonyl (C=O) groups is 1. The summed E-state index contributed by atoms with van der Waals surface area (Å²) in [6.45, 7) is 4.79. The van der Waals surface area contributed by atoms with E-state index in [1.165, 1.54) is 0 Å². The normalized spacial score (nSPS) is 10.4. The van der Waals surface area contributed by atoms with E-state index in [1.807, 2.05) is 67.3 Å². The monoisotopic (exact) mass is 346 g/mol. The molecule has 3 rings (SSSR count). The van der Waals surface area contributed by atoms with E-state index in [0.29, 0.717) is 18.2 Å². The maximum atomic E-state index is 12.8. The molecule has 0 atom stereocenters. The Kier molecular flexibility index (Phi) is 5.27. The number of aryl methyl sites for hydroxylation is 1. The largest absolute Gasteiger partial charge is 0.311 e. The molecule has 0 saturated carbocycles. The van der Waals surface area contributed by atoms with Gasteiger partial charge in [-0.1, -0.05) is 30.3 Å². The molecule has 0 aliphatic rings. The predicted octanol–water partition coefficient (Wildman–Crippen LogP) is 4.22. The number of hydrogen-bond donors (Lipinski definition) is 0. The molecule has 1 heterocycles. The summed E-state index contributed by atoms with van der Waals surface area (Å²) in [4.78, 5) is 25.3. The van der Waals surface area contributed by atoms with Crippen LogP contribution in [-0.2, 0) is 0 Å². The molecule has 0 bridgehead atoms. The summed E-state index contributed by atoms with van der Waals surface area (Å²) in [5.74, 6) is 0.352. The fraction of sp³-hybridized carbons (Fsp3) is 0.190. The first-order chi connectivity index (χ1) is 12.6. The minimum absolute atomic E-state index is 0.167. The van der Waals surface area contributed by atoms with Gasteiger partial charge in [-0.15, -0.1) is 0 Å². The van der Waals surface area contributed by atoms with Crippen LogP contribution < -0.4 is 9.80 Å². The Morgan fingerprint density at radius 3 is 2.42 bits per heavy atom.